The molecule has 0 aromatic carbocycles. The molecule has 0 unspecified atom stereocenters. The Bertz CT molecular complexity index is 127. The van der Waals surface area contributed by atoms with Crippen LogP contribution in [0, 0.1) is 0 Å². The van der Waals surface area contributed by atoms with Crippen LogP contribution in [-0.4, -0.2) is 12.1 Å². The molecule has 0 bridgehead atoms. The van der Waals surface area contributed by atoms with Gasteiger partial charge in [-0.1, -0.05) is 25.3 Å². The van der Waals surface area contributed by atoms with Gasteiger partial charge in [0.15, 0.2) is 0 Å². The molecule has 0 rings (SSSR count). The van der Waals surface area contributed by atoms with Crippen LogP contribution in [0.25, 0.3) is 0 Å². The zero-order valence-electron chi connectivity index (χ0n) is 6.27. The van der Waals surface area contributed by atoms with Gasteiger partial charge in [-0.3, -0.25) is 4.99 Å². The fourth-order valence-corrected chi connectivity index (χ4v) is 0.980. The molecule has 0 aliphatic carbocycles. The first-order chi connectivity index (χ1) is 4.20. The molecule has 0 aromatic heterocycles. The lowest BCUT2D eigenvalue weighted by Crippen LogP contribution is -1.82. The van der Waals surface area contributed by atoms with Crippen LogP contribution in [-0.2, 0) is 0 Å². The summed E-state index contributed by atoms with van der Waals surface area (Å²) in [5.74, 6) is 0. The molecule has 1 nitrogen and oxygen atoms in total. The molecule has 0 heterocycles. The standard InChI is InChI=1S/C7H13NS/c1-5-6(2)9-7(3)8-4/h2,5H2,1,3-4H3. The molecule has 0 radical (unpaired) electrons. The number of thioether (sulfide) groups is 1. The summed E-state index contributed by atoms with van der Waals surface area (Å²) in [7, 11) is 1.80. The quantitative estimate of drug-likeness (QED) is 0.427. The lowest BCUT2D eigenvalue weighted by Gasteiger charge is -1.98. The Morgan fingerprint density at radius 3 is 2.56 bits per heavy atom. The maximum atomic E-state index is 4.00. The minimum absolute atomic E-state index is 1.03. The van der Waals surface area contributed by atoms with Crippen molar-refractivity contribution in [3.63, 3.8) is 0 Å². The number of rotatable bonds is 2. The van der Waals surface area contributed by atoms with Gasteiger partial charge in [-0.25, -0.2) is 0 Å². The summed E-state index contributed by atoms with van der Waals surface area (Å²) in [5.41, 5.74) is 0. The first kappa shape index (κ1) is 8.76. The molecule has 52 valence electrons. The van der Waals surface area contributed by atoms with E-state index >= 15 is 0 Å². The van der Waals surface area contributed by atoms with E-state index in [4.69, 9.17) is 0 Å². The Morgan fingerprint density at radius 1 is 1.67 bits per heavy atom. The normalized spacial score (nSPS) is 11.7. The molecular formula is C7H13NS. The zero-order valence-corrected chi connectivity index (χ0v) is 7.09. The van der Waals surface area contributed by atoms with Gasteiger partial charge in [0, 0.05) is 7.05 Å². The van der Waals surface area contributed by atoms with Crippen molar-refractivity contribution >= 4 is 16.8 Å². The van der Waals surface area contributed by atoms with Crippen molar-refractivity contribution in [1.29, 1.82) is 0 Å². The van der Waals surface area contributed by atoms with Gasteiger partial charge in [0.05, 0.1) is 5.04 Å². The molecule has 0 fully saturated rings. The lowest BCUT2D eigenvalue weighted by molar-refractivity contribution is 1.21. The van der Waals surface area contributed by atoms with Crippen LogP contribution in [0.5, 0.6) is 0 Å². The van der Waals surface area contributed by atoms with Gasteiger partial charge in [-0.05, 0) is 18.2 Å². The predicted molar refractivity (Wildman–Crippen MR) is 46.1 cm³/mol. The van der Waals surface area contributed by atoms with Crippen molar-refractivity contribution in [2.24, 2.45) is 4.99 Å². The van der Waals surface area contributed by atoms with Gasteiger partial charge in [-0.2, -0.15) is 0 Å². The second-order valence-electron chi connectivity index (χ2n) is 1.74. The fourth-order valence-electron chi connectivity index (χ4n) is 0.327. The van der Waals surface area contributed by atoms with Crippen molar-refractivity contribution in [1.82, 2.24) is 0 Å². The summed E-state index contributed by atoms with van der Waals surface area (Å²) in [6, 6.07) is 0. The van der Waals surface area contributed by atoms with E-state index < -0.39 is 0 Å². The topological polar surface area (TPSA) is 12.4 Å². The summed E-state index contributed by atoms with van der Waals surface area (Å²) < 4.78 is 0. The third kappa shape index (κ3) is 4.28. The van der Waals surface area contributed by atoms with Gasteiger partial charge >= 0.3 is 0 Å². The van der Waals surface area contributed by atoms with Crippen LogP contribution < -0.4 is 0 Å². The summed E-state index contributed by atoms with van der Waals surface area (Å²) in [6.07, 6.45) is 1.03. The molecule has 0 saturated heterocycles. The average Bonchev–Trinajstić information content (AvgIpc) is 1.87. The molecule has 0 aliphatic rings. The third-order valence-corrected chi connectivity index (χ3v) is 2.06. The minimum Gasteiger partial charge on any atom is -0.286 e. The highest BCUT2D eigenvalue weighted by Crippen LogP contribution is 2.17. The Kier molecular flexibility index (Phi) is 4.50. The number of hydrogen-bond donors (Lipinski definition) is 0. The average molecular weight is 143 g/mol. The summed E-state index contributed by atoms with van der Waals surface area (Å²) in [6.45, 7) is 7.93. The van der Waals surface area contributed by atoms with Crippen LogP contribution in [0.2, 0.25) is 0 Å². The Hall–Kier alpha value is -0.240. The number of aliphatic imine (C=N–C) groups is 1. The van der Waals surface area contributed by atoms with Crippen LogP contribution in [0.4, 0.5) is 0 Å². The zero-order chi connectivity index (χ0) is 7.28. The van der Waals surface area contributed by atoms with Gasteiger partial charge in [-0.15, -0.1) is 0 Å². The van der Waals surface area contributed by atoms with E-state index in [-0.39, 0.29) is 0 Å². The minimum atomic E-state index is 1.03. The predicted octanol–water partition coefficient (Wildman–Crippen LogP) is 2.69. The first-order valence-electron chi connectivity index (χ1n) is 2.99. The van der Waals surface area contributed by atoms with Gasteiger partial charge < -0.3 is 0 Å². The fraction of sp³-hybridized carbons (Fsp3) is 0.571. The molecule has 0 amide bonds. The van der Waals surface area contributed by atoms with Crippen LogP contribution in [0.3, 0.4) is 0 Å². The Morgan fingerprint density at radius 2 is 2.22 bits per heavy atom. The van der Waals surface area contributed by atoms with Crippen LogP contribution >= 0.6 is 11.8 Å². The molecule has 0 aliphatic heterocycles. The maximum absolute atomic E-state index is 4.00. The molecule has 0 atom stereocenters. The van der Waals surface area contributed by atoms with Crippen molar-refractivity contribution in [3.05, 3.63) is 11.5 Å². The maximum Gasteiger partial charge on any atom is 0.0685 e. The van der Waals surface area contributed by atoms with E-state index in [2.05, 4.69) is 18.5 Å². The molecule has 0 saturated carbocycles. The molecule has 9 heavy (non-hydrogen) atoms. The molecule has 0 spiro atoms. The van der Waals surface area contributed by atoms with E-state index in [9.17, 15) is 0 Å². The Balaban J connectivity index is 3.60. The van der Waals surface area contributed by atoms with Crippen molar-refractivity contribution in [2.45, 2.75) is 20.3 Å². The van der Waals surface area contributed by atoms with Gasteiger partial charge in [0.2, 0.25) is 0 Å². The summed E-state index contributed by atoms with van der Waals surface area (Å²) in [5, 5.41) is 1.09. The van der Waals surface area contributed by atoms with E-state index in [0.717, 1.165) is 11.5 Å². The molecule has 0 aromatic rings. The summed E-state index contributed by atoms with van der Waals surface area (Å²) in [4.78, 5) is 5.17. The van der Waals surface area contributed by atoms with E-state index in [1.807, 2.05) is 6.92 Å². The van der Waals surface area contributed by atoms with Gasteiger partial charge in [0.25, 0.3) is 0 Å². The Labute approximate surface area is 61.3 Å². The second kappa shape index (κ2) is 4.62. The third-order valence-electron chi connectivity index (χ3n) is 1.00. The lowest BCUT2D eigenvalue weighted by atomic mass is 10.5. The van der Waals surface area contributed by atoms with Crippen molar-refractivity contribution < 1.29 is 0 Å². The SMILES string of the molecule is C=C(CC)SC(C)=NC. The molecule has 0 N–H and O–H groups in total. The monoisotopic (exact) mass is 143 g/mol. The number of allylic oxidation sites excluding steroid dienone is 1. The highest BCUT2D eigenvalue weighted by Gasteiger charge is 1.92. The molecular weight excluding hydrogens is 130 g/mol. The van der Waals surface area contributed by atoms with E-state index in [1.54, 1.807) is 18.8 Å². The van der Waals surface area contributed by atoms with Crippen LogP contribution in [0.15, 0.2) is 16.5 Å². The smallest absolute Gasteiger partial charge is 0.0685 e. The molecule has 2 heteroatoms. The van der Waals surface area contributed by atoms with Gasteiger partial charge in [0.1, 0.15) is 0 Å². The van der Waals surface area contributed by atoms with Crippen LogP contribution in [0.1, 0.15) is 20.3 Å². The van der Waals surface area contributed by atoms with Crippen molar-refractivity contribution in [2.75, 3.05) is 7.05 Å². The highest BCUT2D eigenvalue weighted by molar-refractivity contribution is 8.17. The van der Waals surface area contributed by atoms with E-state index in [1.165, 1.54) is 4.91 Å². The first-order valence-corrected chi connectivity index (χ1v) is 3.81. The highest BCUT2D eigenvalue weighted by atomic mass is 32.2. The summed E-state index contributed by atoms with van der Waals surface area (Å²) >= 11 is 1.66. The van der Waals surface area contributed by atoms with E-state index in [0.29, 0.717) is 0 Å². The largest absolute Gasteiger partial charge is 0.286 e. The van der Waals surface area contributed by atoms with Crippen molar-refractivity contribution in [3.8, 4) is 0 Å². The number of hydrogen-bond acceptors (Lipinski definition) is 2. The number of nitrogens with zero attached hydrogens (tertiary/aromatic N) is 1. The second-order valence-corrected chi connectivity index (χ2v) is 3.11.